The second-order valence-corrected chi connectivity index (χ2v) is 7.71. The van der Waals surface area contributed by atoms with Crippen molar-refractivity contribution in [2.24, 2.45) is 5.92 Å². The number of carbonyl (C=O) groups is 2. The van der Waals surface area contributed by atoms with Gasteiger partial charge >= 0.3 is 6.09 Å². The molecule has 6 heteroatoms. The van der Waals surface area contributed by atoms with Crippen molar-refractivity contribution < 1.29 is 23.5 Å². The predicted molar refractivity (Wildman–Crippen MR) is 105 cm³/mol. The van der Waals surface area contributed by atoms with E-state index in [0.717, 1.165) is 18.4 Å². The molecule has 5 nitrogen and oxygen atoms in total. The third kappa shape index (κ3) is 3.97. The van der Waals surface area contributed by atoms with Gasteiger partial charge in [0.25, 0.3) is 0 Å². The van der Waals surface area contributed by atoms with Crippen molar-refractivity contribution >= 4 is 11.9 Å². The van der Waals surface area contributed by atoms with Gasteiger partial charge in [-0.3, -0.25) is 4.79 Å². The van der Waals surface area contributed by atoms with Crippen LogP contribution in [0.3, 0.4) is 0 Å². The van der Waals surface area contributed by atoms with Crippen LogP contribution in [0.1, 0.15) is 41.6 Å². The first kappa shape index (κ1) is 19.4. The Morgan fingerprint density at radius 2 is 1.76 bits per heavy atom. The number of hydrogen-bond acceptors (Lipinski definition) is 4. The molecule has 1 amide bonds. The number of Topliss-reactive ketones (excluding diaryl/α,β-unsaturated/α-hetero) is 1. The molecule has 2 saturated heterocycles. The molecule has 0 N–H and O–H groups in total. The summed E-state index contributed by atoms with van der Waals surface area (Å²) in [5.41, 5.74) is 1.03. The summed E-state index contributed by atoms with van der Waals surface area (Å²) in [7, 11) is 1.46. The fourth-order valence-electron chi connectivity index (χ4n) is 4.53. The number of piperidine rings is 1. The Morgan fingerprint density at radius 1 is 1.07 bits per heavy atom. The number of carbonyl (C=O) groups excluding carboxylic acids is 2. The molecule has 0 aliphatic carbocycles. The van der Waals surface area contributed by atoms with E-state index in [1.165, 1.54) is 19.2 Å². The SMILES string of the molecule is COc1ccc(C(=O)C2CC3CCC(C2)N3C(=O)OCc2ccccc2)c(F)c1. The van der Waals surface area contributed by atoms with Gasteiger partial charge in [-0.2, -0.15) is 0 Å². The maximum absolute atomic E-state index is 14.3. The van der Waals surface area contributed by atoms with Crippen LogP contribution in [0.4, 0.5) is 9.18 Å². The highest BCUT2D eigenvalue weighted by molar-refractivity contribution is 5.98. The van der Waals surface area contributed by atoms with Crippen LogP contribution < -0.4 is 4.74 Å². The van der Waals surface area contributed by atoms with E-state index in [0.29, 0.717) is 18.6 Å². The lowest BCUT2D eigenvalue weighted by atomic mass is 9.84. The lowest BCUT2D eigenvalue weighted by molar-refractivity contribution is 0.0483. The summed E-state index contributed by atoms with van der Waals surface area (Å²) < 4.78 is 24.8. The van der Waals surface area contributed by atoms with Gasteiger partial charge in [-0.1, -0.05) is 30.3 Å². The predicted octanol–water partition coefficient (Wildman–Crippen LogP) is 4.60. The Bertz CT molecular complexity index is 887. The number of amides is 1. The average Bonchev–Trinajstić information content (AvgIpc) is 3.01. The fraction of sp³-hybridized carbons (Fsp3) is 0.391. The van der Waals surface area contributed by atoms with Gasteiger partial charge in [-0.25, -0.2) is 9.18 Å². The van der Waals surface area contributed by atoms with Crippen LogP contribution in [0.5, 0.6) is 5.75 Å². The molecule has 2 aliphatic heterocycles. The highest BCUT2D eigenvalue weighted by atomic mass is 19.1. The number of methoxy groups -OCH3 is 1. The van der Waals surface area contributed by atoms with Gasteiger partial charge in [0.05, 0.1) is 12.7 Å². The topological polar surface area (TPSA) is 55.8 Å². The van der Waals surface area contributed by atoms with Gasteiger partial charge in [-0.05, 0) is 43.4 Å². The Labute approximate surface area is 169 Å². The van der Waals surface area contributed by atoms with E-state index in [9.17, 15) is 14.0 Å². The zero-order valence-electron chi connectivity index (χ0n) is 16.3. The van der Waals surface area contributed by atoms with Crippen LogP contribution in [0.15, 0.2) is 48.5 Å². The summed E-state index contributed by atoms with van der Waals surface area (Å²) in [6.07, 6.45) is 2.45. The number of halogens is 1. The van der Waals surface area contributed by atoms with Crippen molar-refractivity contribution in [3.8, 4) is 5.75 Å². The van der Waals surface area contributed by atoms with Crippen molar-refractivity contribution in [1.29, 1.82) is 0 Å². The monoisotopic (exact) mass is 397 g/mol. The van der Waals surface area contributed by atoms with Gasteiger partial charge in [0.15, 0.2) is 5.78 Å². The van der Waals surface area contributed by atoms with Gasteiger partial charge in [-0.15, -0.1) is 0 Å². The molecule has 0 radical (unpaired) electrons. The number of hydrogen-bond donors (Lipinski definition) is 0. The maximum Gasteiger partial charge on any atom is 0.410 e. The maximum atomic E-state index is 14.3. The van der Waals surface area contributed by atoms with Gasteiger partial charge < -0.3 is 14.4 Å². The van der Waals surface area contributed by atoms with E-state index < -0.39 is 5.82 Å². The first-order chi connectivity index (χ1) is 14.1. The minimum atomic E-state index is -0.564. The van der Waals surface area contributed by atoms with E-state index in [-0.39, 0.29) is 42.0 Å². The number of rotatable bonds is 5. The third-order valence-electron chi connectivity index (χ3n) is 5.96. The van der Waals surface area contributed by atoms with Crippen molar-refractivity contribution in [2.45, 2.75) is 44.4 Å². The first-order valence-electron chi connectivity index (χ1n) is 9.93. The highest BCUT2D eigenvalue weighted by Crippen LogP contribution is 2.40. The number of fused-ring (bicyclic) bond motifs is 2. The molecule has 2 aliphatic rings. The molecular weight excluding hydrogens is 373 g/mol. The Balaban J connectivity index is 1.41. The molecule has 2 aromatic carbocycles. The second-order valence-electron chi connectivity index (χ2n) is 7.71. The van der Waals surface area contributed by atoms with E-state index in [2.05, 4.69) is 0 Å². The summed E-state index contributed by atoms with van der Waals surface area (Å²) in [6, 6.07) is 13.8. The summed E-state index contributed by atoms with van der Waals surface area (Å²) in [4.78, 5) is 27.3. The summed E-state index contributed by atoms with van der Waals surface area (Å²) in [6.45, 7) is 0.231. The lowest BCUT2D eigenvalue weighted by Gasteiger charge is -2.37. The molecule has 0 saturated carbocycles. The molecule has 0 spiro atoms. The molecule has 2 heterocycles. The molecular formula is C23H24FNO4. The van der Waals surface area contributed by atoms with Crippen LogP contribution >= 0.6 is 0 Å². The van der Waals surface area contributed by atoms with Crippen LogP contribution in [-0.4, -0.2) is 36.0 Å². The quantitative estimate of drug-likeness (QED) is 0.692. The minimum Gasteiger partial charge on any atom is -0.497 e. The van der Waals surface area contributed by atoms with Gasteiger partial charge in [0.2, 0.25) is 0 Å². The van der Waals surface area contributed by atoms with Crippen molar-refractivity contribution in [1.82, 2.24) is 4.90 Å². The zero-order chi connectivity index (χ0) is 20.4. The summed E-state index contributed by atoms with van der Waals surface area (Å²) >= 11 is 0. The third-order valence-corrected chi connectivity index (χ3v) is 5.96. The molecule has 2 atom stereocenters. The van der Waals surface area contributed by atoms with Gasteiger partial charge in [0.1, 0.15) is 18.2 Å². The zero-order valence-corrected chi connectivity index (χ0v) is 16.3. The molecule has 152 valence electrons. The molecule has 0 aromatic heterocycles. The summed E-state index contributed by atoms with van der Waals surface area (Å²) in [5.74, 6) is -0.658. The van der Waals surface area contributed by atoms with Crippen molar-refractivity contribution in [3.05, 3.63) is 65.5 Å². The van der Waals surface area contributed by atoms with E-state index in [1.54, 1.807) is 11.0 Å². The normalized spacial score (nSPS) is 23.0. The van der Waals surface area contributed by atoms with E-state index in [1.807, 2.05) is 30.3 Å². The van der Waals surface area contributed by atoms with E-state index >= 15 is 0 Å². The fourth-order valence-corrected chi connectivity index (χ4v) is 4.53. The molecule has 2 bridgehead atoms. The number of ether oxygens (including phenoxy) is 2. The Kier molecular flexibility index (Phi) is 5.51. The lowest BCUT2D eigenvalue weighted by Crippen LogP contribution is -2.48. The van der Waals surface area contributed by atoms with Crippen molar-refractivity contribution in [2.75, 3.05) is 7.11 Å². The second kappa shape index (κ2) is 8.23. The van der Waals surface area contributed by atoms with Crippen molar-refractivity contribution in [3.63, 3.8) is 0 Å². The number of ketones is 1. The number of benzene rings is 2. The van der Waals surface area contributed by atoms with Crippen LogP contribution in [0.25, 0.3) is 0 Å². The smallest absolute Gasteiger partial charge is 0.410 e. The molecule has 29 heavy (non-hydrogen) atoms. The molecule has 2 unspecified atom stereocenters. The van der Waals surface area contributed by atoms with Gasteiger partial charge in [0, 0.05) is 24.1 Å². The van der Waals surface area contributed by atoms with Crippen LogP contribution in [-0.2, 0) is 11.3 Å². The Morgan fingerprint density at radius 3 is 2.38 bits per heavy atom. The highest BCUT2D eigenvalue weighted by Gasteiger charge is 2.46. The Hall–Kier alpha value is -2.89. The minimum absolute atomic E-state index is 0.0349. The standard InChI is InChI=1S/C23H24FNO4/c1-28-19-9-10-20(21(24)13-19)22(26)16-11-17-7-8-18(12-16)25(17)23(27)29-14-15-5-3-2-4-6-15/h2-6,9-10,13,16-18H,7-8,11-12,14H2,1H3. The number of nitrogens with zero attached hydrogens (tertiary/aromatic N) is 1. The van der Waals surface area contributed by atoms with Crippen LogP contribution in [0, 0.1) is 11.7 Å². The molecule has 2 aromatic rings. The van der Waals surface area contributed by atoms with Crippen LogP contribution in [0.2, 0.25) is 0 Å². The molecule has 4 rings (SSSR count). The van der Waals surface area contributed by atoms with E-state index in [4.69, 9.17) is 9.47 Å². The molecule has 2 fully saturated rings. The largest absolute Gasteiger partial charge is 0.497 e. The summed E-state index contributed by atoms with van der Waals surface area (Å²) in [5, 5.41) is 0. The average molecular weight is 397 g/mol. The first-order valence-corrected chi connectivity index (χ1v) is 9.93.